The van der Waals surface area contributed by atoms with Crippen LogP contribution in [0.1, 0.15) is 26.3 Å². The lowest BCUT2D eigenvalue weighted by molar-refractivity contribution is 0.466. The Labute approximate surface area is 108 Å². The Morgan fingerprint density at radius 1 is 1.11 bits per heavy atom. The van der Waals surface area contributed by atoms with Crippen molar-refractivity contribution in [3.05, 3.63) is 35.4 Å². The summed E-state index contributed by atoms with van der Waals surface area (Å²) in [6.07, 6.45) is 0. The van der Waals surface area contributed by atoms with Gasteiger partial charge in [-0.15, -0.1) is 0 Å². The van der Waals surface area contributed by atoms with Gasteiger partial charge in [-0.3, -0.25) is 0 Å². The third-order valence-electron chi connectivity index (χ3n) is 2.66. The van der Waals surface area contributed by atoms with Crippen LogP contribution in [0, 0.1) is 17.6 Å². The topological polar surface area (TPSA) is 24.1 Å². The van der Waals surface area contributed by atoms with Gasteiger partial charge in [0.15, 0.2) is 0 Å². The molecular formula is C14H22F2N2. The third kappa shape index (κ3) is 5.56. The molecule has 0 aliphatic carbocycles. The predicted octanol–water partition coefficient (Wildman–Crippen LogP) is 2.69. The summed E-state index contributed by atoms with van der Waals surface area (Å²) >= 11 is 0. The standard InChI is InChI=1S/C14H22F2N2/c1-10(2)7-17-8-11(3)18-9-12-4-5-13(15)6-14(12)16/h4-6,10-11,17-18H,7-9H2,1-3H3. The summed E-state index contributed by atoms with van der Waals surface area (Å²) in [6.45, 7) is 8.56. The van der Waals surface area contributed by atoms with Crippen molar-refractivity contribution in [2.45, 2.75) is 33.4 Å². The zero-order valence-electron chi connectivity index (χ0n) is 11.3. The van der Waals surface area contributed by atoms with Crippen LogP contribution in [0.5, 0.6) is 0 Å². The molecule has 0 bridgehead atoms. The van der Waals surface area contributed by atoms with Gasteiger partial charge in [0.2, 0.25) is 0 Å². The van der Waals surface area contributed by atoms with E-state index >= 15 is 0 Å². The highest BCUT2D eigenvalue weighted by atomic mass is 19.1. The monoisotopic (exact) mass is 256 g/mol. The van der Waals surface area contributed by atoms with Crippen LogP contribution in [-0.2, 0) is 6.54 Å². The maximum absolute atomic E-state index is 13.4. The zero-order chi connectivity index (χ0) is 13.5. The fourth-order valence-electron chi connectivity index (χ4n) is 1.61. The molecule has 4 heteroatoms. The van der Waals surface area contributed by atoms with Gasteiger partial charge in [-0.2, -0.15) is 0 Å². The second-order valence-electron chi connectivity index (χ2n) is 5.07. The molecule has 102 valence electrons. The fraction of sp³-hybridized carbons (Fsp3) is 0.571. The number of hydrogen-bond donors (Lipinski definition) is 2. The minimum absolute atomic E-state index is 0.244. The Balaban J connectivity index is 2.31. The van der Waals surface area contributed by atoms with Crippen LogP contribution >= 0.6 is 0 Å². The van der Waals surface area contributed by atoms with E-state index in [0.717, 1.165) is 19.2 Å². The molecule has 2 nitrogen and oxygen atoms in total. The first-order chi connectivity index (χ1) is 8.49. The highest BCUT2D eigenvalue weighted by Crippen LogP contribution is 2.09. The van der Waals surface area contributed by atoms with E-state index in [0.29, 0.717) is 18.0 Å². The smallest absolute Gasteiger partial charge is 0.130 e. The summed E-state index contributed by atoms with van der Waals surface area (Å²) < 4.78 is 26.1. The van der Waals surface area contributed by atoms with Gasteiger partial charge >= 0.3 is 0 Å². The minimum atomic E-state index is -0.539. The second-order valence-corrected chi connectivity index (χ2v) is 5.07. The lowest BCUT2D eigenvalue weighted by Crippen LogP contribution is -2.37. The molecule has 0 saturated carbocycles. The number of rotatable bonds is 7. The van der Waals surface area contributed by atoms with E-state index in [2.05, 4.69) is 24.5 Å². The van der Waals surface area contributed by atoms with E-state index in [-0.39, 0.29) is 6.04 Å². The van der Waals surface area contributed by atoms with Crippen molar-refractivity contribution in [3.63, 3.8) is 0 Å². The molecule has 1 rings (SSSR count). The molecule has 1 unspecified atom stereocenters. The van der Waals surface area contributed by atoms with Crippen LogP contribution in [0.25, 0.3) is 0 Å². The quantitative estimate of drug-likeness (QED) is 0.784. The molecule has 0 heterocycles. The Hall–Kier alpha value is -1.00. The zero-order valence-corrected chi connectivity index (χ0v) is 11.3. The summed E-state index contributed by atoms with van der Waals surface area (Å²) in [4.78, 5) is 0. The lowest BCUT2D eigenvalue weighted by Gasteiger charge is -2.16. The molecule has 0 saturated heterocycles. The molecule has 0 fully saturated rings. The van der Waals surface area contributed by atoms with Crippen molar-refractivity contribution < 1.29 is 8.78 Å². The molecule has 1 aromatic rings. The van der Waals surface area contributed by atoms with Crippen molar-refractivity contribution >= 4 is 0 Å². The number of benzene rings is 1. The van der Waals surface area contributed by atoms with Gasteiger partial charge in [-0.05, 0) is 25.5 Å². The molecule has 0 spiro atoms. The van der Waals surface area contributed by atoms with Crippen molar-refractivity contribution in [1.82, 2.24) is 10.6 Å². The number of hydrogen-bond acceptors (Lipinski definition) is 2. The molecule has 0 aromatic heterocycles. The van der Waals surface area contributed by atoms with Gasteiger partial charge in [0, 0.05) is 30.8 Å². The van der Waals surface area contributed by atoms with Gasteiger partial charge in [-0.25, -0.2) is 8.78 Å². The molecule has 1 aromatic carbocycles. The molecule has 0 amide bonds. The third-order valence-corrected chi connectivity index (χ3v) is 2.66. The summed E-state index contributed by atoms with van der Waals surface area (Å²) in [6, 6.07) is 3.92. The molecule has 2 N–H and O–H groups in total. The van der Waals surface area contributed by atoms with E-state index in [4.69, 9.17) is 0 Å². The highest BCUT2D eigenvalue weighted by molar-refractivity contribution is 5.18. The summed E-state index contributed by atoms with van der Waals surface area (Å²) in [5.74, 6) is -0.417. The van der Waals surface area contributed by atoms with Crippen LogP contribution in [0.2, 0.25) is 0 Å². The second kappa shape index (κ2) is 7.44. The fourth-order valence-corrected chi connectivity index (χ4v) is 1.61. The van der Waals surface area contributed by atoms with Crippen molar-refractivity contribution in [2.75, 3.05) is 13.1 Å². The summed E-state index contributed by atoms with van der Waals surface area (Å²) in [5.41, 5.74) is 0.493. The largest absolute Gasteiger partial charge is 0.315 e. The van der Waals surface area contributed by atoms with Gasteiger partial charge in [0.1, 0.15) is 11.6 Å². The normalized spacial score (nSPS) is 13.0. The molecule has 18 heavy (non-hydrogen) atoms. The van der Waals surface area contributed by atoms with Gasteiger partial charge in [-0.1, -0.05) is 19.9 Å². The maximum atomic E-state index is 13.4. The van der Waals surface area contributed by atoms with Crippen molar-refractivity contribution in [2.24, 2.45) is 5.92 Å². The molecule has 0 radical (unpaired) electrons. The first-order valence-electron chi connectivity index (χ1n) is 6.37. The summed E-state index contributed by atoms with van der Waals surface area (Å²) in [7, 11) is 0. The Kier molecular flexibility index (Phi) is 6.22. The van der Waals surface area contributed by atoms with Gasteiger partial charge in [0.25, 0.3) is 0 Å². The van der Waals surface area contributed by atoms with E-state index in [1.165, 1.54) is 12.1 Å². The SMILES string of the molecule is CC(C)CNCC(C)NCc1ccc(F)cc1F. The van der Waals surface area contributed by atoms with E-state index in [1.54, 1.807) is 0 Å². The first kappa shape index (κ1) is 15.1. The Morgan fingerprint density at radius 2 is 1.83 bits per heavy atom. The highest BCUT2D eigenvalue weighted by Gasteiger charge is 2.06. The Morgan fingerprint density at radius 3 is 2.44 bits per heavy atom. The molecule has 1 atom stereocenters. The van der Waals surface area contributed by atoms with Crippen LogP contribution in [-0.4, -0.2) is 19.1 Å². The molecule has 0 aliphatic heterocycles. The van der Waals surface area contributed by atoms with Gasteiger partial charge in [0.05, 0.1) is 0 Å². The minimum Gasteiger partial charge on any atom is -0.315 e. The Bertz CT molecular complexity index is 367. The van der Waals surface area contributed by atoms with E-state index in [9.17, 15) is 8.78 Å². The first-order valence-corrected chi connectivity index (χ1v) is 6.37. The van der Waals surface area contributed by atoms with Crippen molar-refractivity contribution in [3.8, 4) is 0 Å². The van der Waals surface area contributed by atoms with Crippen molar-refractivity contribution in [1.29, 1.82) is 0 Å². The van der Waals surface area contributed by atoms with Crippen LogP contribution < -0.4 is 10.6 Å². The van der Waals surface area contributed by atoms with E-state index in [1.807, 2.05) is 6.92 Å². The van der Waals surface area contributed by atoms with Gasteiger partial charge < -0.3 is 10.6 Å². The number of nitrogens with one attached hydrogen (secondary N) is 2. The molecular weight excluding hydrogens is 234 g/mol. The predicted molar refractivity (Wildman–Crippen MR) is 70.4 cm³/mol. The number of halogens is 2. The van der Waals surface area contributed by atoms with Crippen LogP contribution in [0.15, 0.2) is 18.2 Å². The maximum Gasteiger partial charge on any atom is 0.130 e. The molecule has 0 aliphatic rings. The lowest BCUT2D eigenvalue weighted by atomic mass is 10.2. The summed E-state index contributed by atoms with van der Waals surface area (Å²) in [5, 5.41) is 6.54. The average molecular weight is 256 g/mol. The van der Waals surface area contributed by atoms with E-state index < -0.39 is 11.6 Å². The van der Waals surface area contributed by atoms with Crippen LogP contribution in [0.4, 0.5) is 8.78 Å². The van der Waals surface area contributed by atoms with Crippen LogP contribution in [0.3, 0.4) is 0 Å². The average Bonchev–Trinajstić information content (AvgIpc) is 2.27.